The molecule has 0 unspecified atom stereocenters. The Morgan fingerprint density at radius 1 is 1.35 bits per heavy atom. The van der Waals surface area contributed by atoms with E-state index < -0.39 is 10.0 Å². The Hall–Kier alpha value is -1.44. The van der Waals surface area contributed by atoms with E-state index in [9.17, 15) is 8.42 Å². The molecular weight excluding hydrogens is 330 g/mol. The van der Waals surface area contributed by atoms with E-state index in [1.165, 1.54) is 0 Å². The highest BCUT2D eigenvalue weighted by Gasteiger charge is 2.24. The van der Waals surface area contributed by atoms with Gasteiger partial charge in [0.05, 0.1) is 5.75 Å². The number of rotatable bonds is 5. The van der Waals surface area contributed by atoms with Gasteiger partial charge in [-0.1, -0.05) is 29.8 Å². The summed E-state index contributed by atoms with van der Waals surface area (Å²) in [6.45, 7) is 3.65. The molecule has 2 aromatic rings. The number of nitrogens with zero attached hydrogens (tertiary/aromatic N) is 2. The summed E-state index contributed by atoms with van der Waals surface area (Å²) >= 11 is 1.62. The lowest BCUT2D eigenvalue weighted by molar-refractivity contribution is 0.459. The van der Waals surface area contributed by atoms with Crippen LogP contribution >= 0.6 is 11.3 Å². The van der Waals surface area contributed by atoms with E-state index in [0.717, 1.165) is 42.2 Å². The van der Waals surface area contributed by atoms with Crippen LogP contribution in [0.1, 0.15) is 24.0 Å². The van der Waals surface area contributed by atoms with Crippen molar-refractivity contribution >= 4 is 26.5 Å². The Bertz CT molecular complexity index is 736. The second kappa shape index (κ2) is 6.98. The molecule has 0 bridgehead atoms. The van der Waals surface area contributed by atoms with E-state index in [1.807, 2.05) is 36.6 Å². The number of sulfonamides is 1. The summed E-state index contributed by atoms with van der Waals surface area (Å²) in [5, 5.41) is 2.98. The predicted molar refractivity (Wildman–Crippen MR) is 94.3 cm³/mol. The summed E-state index contributed by atoms with van der Waals surface area (Å²) in [7, 11) is -3.30. The molecule has 0 atom stereocenters. The SMILES string of the molecule is Cc1cccc(CS(=O)(=O)NC2CCN(c3nccs3)CC2)c1. The van der Waals surface area contributed by atoms with E-state index in [-0.39, 0.29) is 11.8 Å². The minimum atomic E-state index is -3.30. The van der Waals surface area contributed by atoms with Crippen LogP contribution in [0, 0.1) is 6.92 Å². The average molecular weight is 351 g/mol. The van der Waals surface area contributed by atoms with Crippen molar-refractivity contribution in [3.63, 3.8) is 0 Å². The Morgan fingerprint density at radius 3 is 2.78 bits per heavy atom. The van der Waals surface area contributed by atoms with Gasteiger partial charge in [-0.05, 0) is 25.3 Å². The number of benzene rings is 1. The lowest BCUT2D eigenvalue weighted by Gasteiger charge is -2.31. The first kappa shape index (κ1) is 16.4. The molecule has 0 spiro atoms. The summed E-state index contributed by atoms with van der Waals surface area (Å²) in [6.07, 6.45) is 3.43. The summed E-state index contributed by atoms with van der Waals surface area (Å²) in [6, 6.07) is 7.66. The monoisotopic (exact) mass is 351 g/mol. The minimum absolute atomic E-state index is 0.0148. The van der Waals surface area contributed by atoms with Crippen LogP contribution in [0.3, 0.4) is 0 Å². The third kappa shape index (κ3) is 4.53. The van der Waals surface area contributed by atoms with Gasteiger partial charge in [-0.25, -0.2) is 18.1 Å². The van der Waals surface area contributed by atoms with Crippen molar-refractivity contribution in [3.05, 3.63) is 47.0 Å². The summed E-state index contributed by atoms with van der Waals surface area (Å²) in [5.41, 5.74) is 1.91. The molecule has 5 nitrogen and oxygen atoms in total. The molecule has 0 radical (unpaired) electrons. The van der Waals surface area contributed by atoms with Gasteiger partial charge in [0.2, 0.25) is 10.0 Å². The maximum Gasteiger partial charge on any atom is 0.216 e. The Kier molecular flexibility index (Phi) is 4.99. The summed E-state index contributed by atoms with van der Waals surface area (Å²) in [5.74, 6) is 0.0430. The van der Waals surface area contributed by atoms with Gasteiger partial charge in [-0.3, -0.25) is 0 Å². The number of aryl methyl sites for hydroxylation is 1. The van der Waals surface area contributed by atoms with E-state index in [1.54, 1.807) is 17.5 Å². The van der Waals surface area contributed by atoms with Crippen LogP contribution in [-0.2, 0) is 15.8 Å². The van der Waals surface area contributed by atoms with E-state index in [0.29, 0.717) is 0 Å². The van der Waals surface area contributed by atoms with Gasteiger partial charge in [0.25, 0.3) is 0 Å². The topological polar surface area (TPSA) is 62.3 Å². The first-order valence-corrected chi connectivity index (χ1v) is 10.2. The first-order valence-electron chi connectivity index (χ1n) is 7.72. The van der Waals surface area contributed by atoms with Crippen molar-refractivity contribution in [2.45, 2.75) is 31.6 Å². The average Bonchev–Trinajstić information content (AvgIpc) is 3.01. The van der Waals surface area contributed by atoms with Crippen LogP contribution in [0.2, 0.25) is 0 Å². The van der Waals surface area contributed by atoms with Crippen LogP contribution in [0.5, 0.6) is 0 Å². The van der Waals surface area contributed by atoms with E-state index >= 15 is 0 Å². The standard InChI is InChI=1S/C16H21N3O2S2/c1-13-3-2-4-14(11-13)12-23(20,21)18-15-5-8-19(9-6-15)16-17-7-10-22-16/h2-4,7,10-11,15,18H,5-6,8-9,12H2,1H3. The fourth-order valence-corrected chi connectivity index (χ4v) is 5.02. The number of thiazole rings is 1. The third-order valence-corrected chi connectivity index (χ3v) is 6.21. The van der Waals surface area contributed by atoms with Crippen molar-refractivity contribution in [1.29, 1.82) is 0 Å². The Balaban J connectivity index is 1.55. The van der Waals surface area contributed by atoms with Gasteiger partial charge in [-0.2, -0.15) is 0 Å². The Morgan fingerprint density at radius 2 is 2.13 bits per heavy atom. The smallest absolute Gasteiger partial charge is 0.216 e. The molecular formula is C16H21N3O2S2. The molecule has 2 heterocycles. The first-order chi connectivity index (χ1) is 11.0. The predicted octanol–water partition coefficient (Wildman–Crippen LogP) is 2.54. The Labute approximate surface area is 141 Å². The molecule has 1 aliphatic rings. The highest BCUT2D eigenvalue weighted by molar-refractivity contribution is 7.88. The van der Waals surface area contributed by atoms with Crippen molar-refractivity contribution in [3.8, 4) is 0 Å². The lowest BCUT2D eigenvalue weighted by Crippen LogP contribution is -2.44. The molecule has 1 aromatic carbocycles. The quantitative estimate of drug-likeness (QED) is 0.899. The van der Waals surface area contributed by atoms with Crippen LogP contribution in [-0.4, -0.2) is 32.5 Å². The second-order valence-corrected chi connectivity index (χ2v) is 8.57. The molecule has 1 fully saturated rings. The van der Waals surface area contributed by atoms with Gasteiger partial charge >= 0.3 is 0 Å². The summed E-state index contributed by atoms with van der Waals surface area (Å²) < 4.78 is 27.6. The van der Waals surface area contributed by atoms with Gasteiger partial charge < -0.3 is 4.90 Å². The maximum absolute atomic E-state index is 12.4. The van der Waals surface area contributed by atoms with Crippen molar-refractivity contribution in [1.82, 2.24) is 9.71 Å². The molecule has 0 saturated carbocycles. The van der Waals surface area contributed by atoms with E-state index in [4.69, 9.17) is 0 Å². The number of hydrogen-bond acceptors (Lipinski definition) is 5. The number of hydrogen-bond donors (Lipinski definition) is 1. The molecule has 1 aliphatic heterocycles. The fraction of sp³-hybridized carbons (Fsp3) is 0.438. The number of aromatic nitrogens is 1. The van der Waals surface area contributed by atoms with Crippen LogP contribution in [0.15, 0.2) is 35.8 Å². The van der Waals surface area contributed by atoms with Crippen molar-refractivity contribution < 1.29 is 8.42 Å². The van der Waals surface area contributed by atoms with Crippen molar-refractivity contribution in [2.75, 3.05) is 18.0 Å². The zero-order valence-corrected chi connectivity index (χ0v) is 14.7. The highest BCUT2D eigenvalue weighted by Crippen LogP contribution is 2.22. The molecule has 0 aliphatic carbocycles. The van der Waals surface area contributed by atoms with Gasteiger partial charge in [0.1, 0.15) is 0 Å². The summed E-state index contributed by atoms with van der Waals surface area (Å²) in [4.78, 5) is 6.53. The molecule has 3 rings (SSSR count). The lowest BCUT2D eigenvalue weighted by atomic mass is 10.1. The zero-order valence-electron chi connectivity index (χ0n) is 13.1. The minimum Gasteiger partial charge on any atom is -0.348 e. The molecule has 1 N–H and O–H groups in total. The molecule has 23 heavy (non-hydrogen) atoms. The normalized spacial score (nSPS) is 16.7. The second-order valence-electron chi connectivity index (χ2n) is 5.94. The molecule has 1 saturated heterocycles. The zero-order chi connectivity index (χ0) is 16.3. The largest absolute Gasteiger partial charge is 0.348 e. The third-order valence-electron chi connectivity index (χ3n) is 3.97. The van der Waals surface area contributed by atoms with Gasteiger partial charge in [0.15, 0.2) is 5.13 Å². The number of nitrogens with one attached hydrogen (secondary N) is 1. The number of piperidine rings is 1. The molecule has 1 aromatic heterocycles. The number of anilines is 1. The molecule has 7 heteroatoms. The highest BCUT2D eigenvalue weighted by atomic mass is 32.2. The van der Waals surface area contributed by atoms with Crippen LogP contribution in [0.25, 0.3) is 0 Å². The molecule has 124 valence electrons. The van der Waals surface area contributed by atoms with E-state index in [2.05, 4.69) is 14.6 Å². The van der Waals surface area contributed by atoms with Crippen molar-refractivity contribution in [2.24, 2.45) is 0 Å². The van der Waals surface area contributed by atoms with Crippen LogP contribution < -0.4 is 9.62 Å². The van der Waals surface area contributed by atoms with Gasteiger partial charge in [0, 0.05) is 30.7 Å². The van der Waals surface area contributed by atoms with Gasteiger partial charge in [-0.15, -0.1) is 11.3 Å². The fourth-order valence-electron chi connectivity index (χ4n) is 2.88. The van der Waals surface area contributed by atoms with Crippen LogP contribution in [0.4, 0.5) is 5.13 Å². The maximum atomic E-state index is 12.4. The molecule has 0 amide bonds.